The molecule has 2 aliphatic rings. The third-order valence-corrected chi connectivity index (χ3v) is 6.44. The number of guanidine groups is 1. The first kappa shape index (κ1) is 23.1. The van der Waals surface area contributed by atoms with Gasteiger partial charge in [0.05, 0.1) is 6.54 Å². The topological polar surface area (TPSA) is 97.3 Å². The van der Waals surface area contributed by atoms with Crippen LogP contribution in [-0.4, -0.2) is 34.9 Å². The fourth-order valence-corrected chi connectivity index (χ4v) is 4.61. The Labute approximate surface area is 185 Å². The SMILES string of the molecule is CCCCNC(=O)NCc1ccc(CN2C(=N)NC(C)(CC3CCCCC3)C2=O)cc1. The Bertz CT molecular complexity index is 773. The number of amides is 3. The van der Waals surface area contributed by atoms with Crippen LogP contribution >= 0.6 is 0 Å². The maximum atomic E-state index is 13.1. The molecule has 1 heterocycles. The van der Waals surface area contributed by atoms with Crippen molar-refractivity contribution in [3.05, 3.63) is 35.4 Å². The summed E-state index contributed by atoms with van der Waals surface area (Å²) in [5.41, 5.74) is 1.30. The van der Waals surface area contributed by atoms with E-state index in [1.807, 2.05) is 31.2 Å². The van der Waals surface area contributed by atoms with Crippen LogP contribution in [0.1, 0.15) is 76.3 Å². The molecule has 1 aromatic carbocycles. The lowest BCUT2D eigenvalue weighted by Gasteiger charge is -2.30. The van der Waals surface area contributed by atoms with Crippen LogP contribution in [0.4, 0.5) is 4.79 Å². The third-order valence-electron chi connectivity index (χ3n) is 6.44. The van der Waals surface area contributed by atoms with Crippen molar-refractivity contribution in [2.24, 2.45) is 5.92 Å². The molecule has 1 unspecified atom stereocenters. The molecule has 4 N–H and O–H groups in total. The van der Waals surface area contributed by atoms with Gasteiger partial charge in [-0.3, -0.25) is 15.1 Å². The number of nitrogens with one attached hydrogen (secondary N) is 4. The summed E-state index contributed by atoms with van der Waals surface area (Å²) in [7, 11) is 0. The molecule has 2 fully saturated rings. The number of unbranched alkanes of at least 4 members (excludes halogenated alkanes) is 1. The van der Waals surface area contributed by atoms with E-state index in [1.54, 1.807) is 4.90 Å². The van der Waals surface area contributed by atoms with Gasteiger partial charge in [0.1, 0.15) is 5.54 Å². The summed E-state index contributed by atoms with van der Waals surface area (Å²) in [5, 5.41) is 17.2. The van der Waals surface area contributed by atoms with Crippen LogP contribution in [0.3, 0.4) is 0 Å². The predicted octanol–water partition coefficient (Wildman–Crippen LogP) is 3.88. The molecule has 3 amide bonds. The van der Waals surface area contributed by atoms with Crippen molar-refractivity contribution < 1.29 is 9.59 Å². The van der Waals surface area contributed by atoms with E-state index in [1.165, 1.54) is 32.1 Å². The average Bonchev–Trinajstić information content (AvgIpc) is 2.97. The number of carbonyl (C=O) groups excluding carboxylic acids is 2. The first-order valence-electron chi connectivity index (χ1n) is 11.7. The van der Waals surface area contributed by atoms with Crippen LogP contribution in [0, 0.1) is 11.3 Å². The fraction of sp³-hybridized carbons (Fsp3) is 0.625. The van der Waals surface area contributed by atoms with E-state index in [9.17, 15) is 9.59 Å². The summed E-state index contributed by atoms with van der Waals surface area (Å²) in [4.78, 5) is 26.5. The molecular weight excluding hydrogens is 390 g/mol. The maximum absolute atomic E-state index is 13.1. The van der Waals surface area contributed by atoms with Gasteiger partial charge in [0.25, 0.3) is 5.91 Å². The van der Waals surface area contributed by atoms with Gasteiger partial charge < -0.3 is 16.0 Å². The second kappa shape index (κ2) is 10.6. The largest absolute Gasteiger partial charge is 0.342 e. The summed E-state index contributed by atoms with van der Waals surface area (Å²) in [6, 6.07) is 7.69. The van der Waals surface area contributed by atoms with E-state index in [0.29, 0.717) is 25.6 Å². The highest BCUT2D eigenvalue weighted by molar-refractivity contribution is 6.07. The van der Waals surface area contributed by atoms with Crippen molar-refractivity contribution in [2.75, 3.05) is 6.54 Å². The molecule has 0 spiro atoms. The zero-order valence-electron chi connectivity index (χ0n) is 18.9. The van der Waals surface area contributed by atoms with Crippen LogP contribution in [0.15, 0.2) is 24.3 Å². The van der Waals surface area contributed by atoms with E-state index in [0.717, 1.165) is 30.4 Å². The quantitative estimate of drug-likeness (QED) is 0.450. The Hall–Kier alpha value is -2.57. The van der Waals surface area contributed by atoms with E-state index >= 15 is 0 Å². The van der Waals surface area contributed by atoms with E-state index in [4.69, 9.17) is 5.41 Å². The lowest BCUT2D eigenvalue weighted by molar-refractivity contribution is -0.131. The molecule has 7 heteroatoms. The van der Waals surface area contributed by atoms with Crippen LogP contribution in [0.2, 0.25) is 0 Å². The summed E-state index contributed by atoms with van der Waals surface area (Å²) >= 11 is 0. The second-order valence-corrected chi connectivity index (χ2v) is 9.18. The first-order chi connectivity index (χ1) is 14.9. The van der Waals surface area contributed by atoms with Gasteiger partial charge in [-0.25, -0.2) is 4.79 Å². The van der Waals surface area contributed by atoms with Crippen LogP contribution in [-0.2, 0) is 17.9 Å². The molecule has 1 aliphatic heterocycles. The summed E-state index contributed by atoms with van der Waals surface area (Å²) in [6.07, 6.45) is 8.99. The van der Waals surface area contributed by atoms with Gasteiger partial charge in [0.2, 0.25) is 0 Å². The van der Waals surface area contributed by atoms with Gasteiger partial charge >= 0.3 is 6.03 Å². The molecule has 1 saturated carbocycles. The van der Waals surface area contributed by atoms with Crippen molar-refractivity contribution in [1.29, 1.82) is 5.41 Å². The van der Waals surface area contributed by atoms with Gasteiger partial charge in [0.15, 0.2) is 5.96 Å². The van der Waals surface area contributed by atoms with Gasteiger partial charge in [0, 0.05) is 13.1 Å². The van der Waals surface area contributed by atoms with Crippen molar-refractivity contribution in [2.45, 2.75) is 83.8 Å². The lowest BCUT2D eigenvalue weighted by Crippen LogP contribution is -2.45. The minimum atomic E-state index is -0.673. The molecule has 170 valence electrons. The summed E-state index contributed by atoms with van der Waals surface area (Å²) in [5.74, 6) is 0.754. The number of benzene rings is 1. The molecule has 1 saturated heterocycles. The number of nitrogens with zero attached hydrogens (tertiary/aromatic N) is 1. The normalized spacial score (nSPS) is 21.8. The predicted molar refractivity (Wildman–Crippen MR) is 123 cm³/mol. The Morgan fingerprint density at radius 2 is 1.84 bits per heavy atom. The highest BCUT2D eigenvalue weighted by Gasteiger charge is 2.46. The van der Waals surface area contributed by atoms with Crippen molar-refractivity contribution in [1.82, 2.24) is 20.9 Å². The molecule has 0 bridgehead atoms. The standard InChI is InChI=1S/C24H37N5O2/c1-3-4-14-26-23(31)27-16-19-10-12-20(13-11-19)17-29-21(30)24(2,28-22(29)25)15-18-8-6-5-7-9-18/h10-13,18H,3-9,14-17H2,1-2H3,(H2,25,28)(H2,26,27,31). The molecule has 1 atom stereocenters. The number of hydrogen-bond acceptors (Lipinski definition) is 3. The average molecular weight is 428 g/mol. The zero-order valence-corrected chi connectivity index (χ0v) is 18.9. The molecule has 31 heavy (non-hydrogen) atoms. The first-order valence-corrected chi connectivity index (χ1v) is 11.7. The van der Waals surface area contributed by atoms with Gasteiger partial charge in [-0.15, -0.1) is 0 Å². The molecule has 0 aromatic heterocycles. The molecule has 1 aromatic rings. The minimum absolute atomic E-state index is 0.00225. The molecular formula is C24H37N5O2. The Balaban J connectivity index is 1.51. The van der Waals surface area contributed by atoms with E-state index < -0.39 is 5.54 Å². The van der Waals surface area contributed by atoms with Crippen molar-refractivity contribution in [3.63, 3.8) is 0 Å². The second-order valence-electron chi connectivity index (χ2n) is 9.18. The van der Waals surface area contributed by atoms with Crippen molar-refractivity contribution >= 4 is 17.9 Å². The smallest absolute Gasteiger partial charge is 0.315 e. The summed E-state index contributed by atoms with van der Waals surface area (Å²) < 4.78 is 0. The zero-order chi connectivity index (χ0) is 22.3. The van der Waals surface area contributed by atoms with Crippen molar-refractivity contribution in [3.8, 4) is 0 Å². The fourth-order valence-electron chi connectivity index (χ4n) is 4.61. The van der Waals surface area contributed by atoms with Crippen LogP contribution in [0.25, 0.3) is 0 Å². The number of carbonyl (C=O) groups is 2. The third kappa shape index (κ3) is 6.21. The highest BCUT2D eigenvalue weighted by Crippen LogP contribution is 2.33. The van der Waals surface area contributed by atoms with E-state index in [-0.39, 0.29) is 17.9 Å². The maximum Gasteiger partial charge on any atom is 0.315 e. The summed E-state index contributed by atoms with van der Waals surface area (Å²) in [6.45, 7) is 5.56. The molecule has 3 rings (SSSR count). The molecule has 1 aliphatic carbocycles. The number of hydrogen-bond donors (Lipinski definition) is 4. The molecule has 7 nitrogen and oxygen atoms in total. The minimum Gasteiger partial charge on any atom is -0.342 e. The molecule has 0 radical (unpaired) electrons. The van der Waals surface area contributed by atoms with Crippen LogP contribution < -0.4 is 16.0 Å². The highest BCUT2D eigenvalue weighted by atomic mass is 16.2. The van der Waals surface area contributed by atoms with Gasteiger partial charge in [-0.1, -0.05) is 69.7 Å². The van der Waals surface area contributed by atoms with Crippen LogP contribution in [0.5, 0.6) is 0 Å². The Kier molecular flexibility index (Phi) is 7.93. The monoisotopic (exact) mass is 427 g/mol. The Morgan fingerprint density at radius 3 is 2.52 bits per heavy atom. The lowest BCUT2D eigenvalue weighted by atomic mass is 9.80. The number of urea groups is 1. The van der Waals surface area contributed by atoms with Gasteiger partial charge in [-0.2, -0.15) is 0 Å². The Morgan fingerprint density at radius 1 is 1.16 bits per heavy atom. The van der Waals surface area contributed by atoms with Gasteiger partial charge in [-0.05, 0) is 36.8 Å². The van der Waals surface area contributed by atoms with E-state index in [2.05, 4.69) is 22.9 Å². The number of rotatable bonds is 9.